The van der Waals surface area contributed by atoms with Crippen LogP contribution >= 0.6 is 0 Å². The first-order valence-corrected chi connectivity index (χ1v) is 6.64. The molecule has 0 aliphatic rings. The number of nitrogens with one attached hydrogen (secondary N) is 1. The van der Waals surface area contributed by atoms with Gasteiger partial charge in [-0.25, -0.2) is 0 Å². The van der Waals surface area contributed by atoms with Crippen molar-refractivity contribution in [2.45, 2.75) is 33.7 Å². The minimum absolute atomic E-state index is 0.634. The van der Waals surface area contributed by atoms with Crippen LogP contribution in [0.1, 0.15) is 30.0 Å². The van der Waals surface area contributed by atoms with E-state index < -0.39 is 0 Å². The van der Waals surface area contributed by atoms with Gasteiger partial charge in [-0.05, 0) is 62.0 Å². The van der Waals surface area contributed by atoms with Gasteiger partial charge in [0.05, 0.1) is 7.11 Å². The molecule has 1 aromatic rings. The highest BCUT2D eigenvalue weighted by Gasteiger charge is 2.07. The van der Waals surface area contributed by atoms with Gasteiger partial charge in [0, 0.05) is 6.54 Å². The average molecular weight is 250 g/mol. The maximum atomic E-state index is 5.55. The number of nitrogens with two attached hydrogens (primary N) is 1. The molecule has 18 heavy (non-hydrogen) atoms. The van der Waals surface area contributed by atoms with E-state index in [1.807, 2.05) is 6.07 Å². The molecular weight excluding hydrogens is 224 g/mol. The van der Waals surface area contributed by atoms with Gasteiger partial charge in [-0.15, -0.1) is 0 Å². The molecule has 0 heterocycles. The topological polar surface area (TPSA) is 47.3 Å². The van der Waals surface area contributed by atoms with Crippen molar-refractivity contribution in [3.8, 4) is 5.75 Å². The van der Waals surface area contributed by atoms with E-state index in [1.165, 1.54) is 16.7 Å². The van der Waals surface area contributed by atoms with Crippen LogP contribution in [0.25, 0.3) is 0 Å². The highest BCUT2D eigenvalue weighted by molar-refractivity contribution is 5.43. The van der Waals surface area contributed by atoms with Crippen LogP contribution in [0.4, 0.5) is 0 Å². The SMILES string of the molecule is COc1ccc(CNCC(C)CCN)c(C)c1C. The zero-order valence-electron chi connectivity index (χ0n) is 12.0. The lowest BCUT2D eigenvalue weighted by molar-refractivity contribution is 0.411. The third-order valence-corrected chi connectivity index (χ3v) is 3.54. The Kier molecular flexibility index (Phi) is 6.16. The lowest BCUT2D eigenvalue weighted by atomic mass is 10.0. The molecule has 0 bridgehead atoms. The summed E-state index contributed by atoms with van der Waals surface area (Å²) in [4.78, 5) is 0. The molecule has 3 N–H and O–H groups in total. The summed E-state index contributed by atoms with van der Waals surface area (Å²) in [7, 11) is 1.72. The molecule has 0 radical (unpaired) electrons. The van der Waals surface area contributed by atoms with E-state index in [0.29, 0.717) is 5.92 Å². The Bertz CT molecular complexity index is 377. The first-order valence-electron chi connectivity index (χ1n) is 6.64. The molecule has 1 atom stereocenters. The van der Waals surface area contributed by atoms with E-state index in [2.05, 4.69) is 32.2 Å². The van der Waals surface area contributed by atoms with Gasteiger partial charge in [0.1, 0.15) is 5.75 Å². The fourth-order valence-corrected chi connectivity index (χ4v) is 2.10. The van der Waals surface area contributed by atoms with E-state index in [9.17, 15) is 0 Å². The first kappa shape index (κ1) is 15.0. The minimum atomic E-state index is 0.634. The number of rotatable bonds is 7. The van der Waals surface area contributed by atoms with Crippen LogP contribution in [0.5, 0.6) is 5.75 Å². The second-order valence-corrected chi connectivity index (χ2v) is 4.99. The van der Waals surface area contributed by atoms with Crippen molar-refractivity contribution in [1.29, 1.82) is 0 Å². The summed E-state index contributed by atoms with van der Waals surface area (Å²) in [6.07, 6.45) is 1.08. The first-order chi connectivity index (χ1) is 8.60. The van der Waals surface area contributed by atoms with E-state index in [4.69, 9.17) is 10.5 Å². The van der Waals surface area contributed by atoms with Crippen LogP contribution in [-0.4, -0.2) is 20.2 Å². The standard InChI is InChI=1S/C15H26N2O/c1-11(7-8-16)9-17-10-14-5-6-15(18-4)13(3)12(14)2/h5-6,11,17H,7-10,16H2,1-4H3. The zero-order valence-corrected chi connectivity index (χ0v) is 12.0. The summed E-state index contributed by atoms with van der Waals surface area (Å²) in [6, 6.07) is 4.18. The molecule has 0 aromatic heterocycles. The molecule has 0 fully saturated rings. The van der Waals surface area contributed by atoms with Gasteiger partial charge in [0.15, 0.2) is 0 Å². The number of ether oxygens (including phenoxy) is 1. The van der Waals surface area contributed by atoms with E-state index in [1.54, 1.807) is 7.11 Å². The largest absolute Gasteiger partial charge is 0.496 e. The molecule has 1 unspecified atom stereocenters. The Morgan fingerprint density at radius 1 is 1.28 bits per heavy atom. The molecule has 0 aliphatic heterocycles. The molecule has 1 rings (SSSR count). The maximum absolute atomic E-state index is 5.55. The predicted octanol–water partition coefficient (Wildman–Crippen LogP) is 2.39. The van der Waals surface area contributed by atoms with Crippen molar-refractivity contribution in [2.24, 2.45) is 11.7 Å². The second-order valence-electron chi connectivity index (χ2n) is 4.99. The molecule has 0 amide bonds. The van der Waals surface area contributed by atoms with Crippen molar-refractivity contribution in [3.05, 3.63) is 28.8 Å². The van der Waals surface area contributed by atoms with Gasteiger partial charge < -0.3 is 15.8 Å². The Morgan fingerprint density at radius 3 is 2.61 bits per heavy atom. The van der Waals surface area contributed by atoms with Crippen LogP contribution in [0.3, 0.4) is 0 Å². The summed E-state index contributed by atoms with van der Waals surface area (Å²) >= 11 is 0. The molecule has 0 aliphatic carbocycles. The van der Waals surface area contributed by atoms with Gasteiger partial charge >= 0.3 is 0 Å². The Labute approximate surface area is 111 Å². The molecule has 0 spiro atoms. The monoisotopic (exact) mass is 250 g/mol. The summed E-state index contributed by atoms with van der Waals surface area (Å²) in [5, 5.41) is 3.50. The number of benzene rings is 1. The summed E-state index contributed by atoms with van der Waals surface area (Å²) in [5.74, 6) is 1.60. The van der Waals surface area contributed by atoms with Crippen LogP contribution in [0.15, 0.2) is 12.1 Å². The third-order valence-electron chi connectivity index (χ3n) is 3.54. The van der Waals surface area contributed by atoms with Gasteiger partial charge in [-0.1, -0.05) is 13.0 Å². The number of hydrogen-bond acceptors (Lipinski definition) is 3. The van der Waals surface area contributed by atoms with Crippen LogP contribution in [0, 0.1) is 19.8 Å². The minimum Gasteiger partial charge on any atom is -0.496 e. The molecule has 102 valence electrons. The van der Waals surface area contributed by atoms with Crippen molar-refractivity contribution in [3.63, 3.8) is 0 Å². The van der Waals surface area contributed by atoms with Crippen molar-refractivity contribution >= 4 is 0 Å². The third kappa shape index (κ3) is 4.00. The Balaban J connectivity index is 2.55. The Morgan fingerprint density at radius 2 is 2.00 bits per heavy atom. The van der Waals surface area contributed by atoms with Crippen LogP contribution in [-0.2, 0) is 6.54 Å². The van der Waals surface area contributed by atoms with Crippen LogP contribution < -0.4 is 15.8 Å². The molecule has 3 heteroatoms. The highest BCUT2D eigenvalue weighted by atomic mass is 16.5. The predicted molar refractivity (Wildman–Crippen MR) is 77.0 cm³/mol. The number of methoxy groups -OCH3 is 1. The molecule has 3 nitrogen and oxygen atoms in total. The fourth-order valence-electron chi connectivity index (χ4n) is 2.10. The summed E-state index contributed by atoms with van der Waals surface area (Å²) < 4.78 is 5.32. The quantitative estimate of drug-likeness (QED) is 0.781. The summed E-state index contributed by atoms with van der Waals surface area (Å²) in [6.45, 7) is 9.18. The summed E-state index contributed by atoms with van der Waals surface area (Å²) in [5.41, 5.74) is 9.43. The van der Waals surface area contributed by atoms with Gasteiger partial charge in [0.2, 0.25) is 0 Å². The highest BCUT2D eigenvalue weighted by Crippen LogP contribution is 2.23. The normalized spacial score (nSPS) is 12.5. The molecule has 0 saturated carbocycles. The van der Waals surface area contributed by atoms with E-state index in [-0.39, 0.29) is 0 Å². The maximum Gasteiger partial charge on any atom is 0.122 e. The lowest BCUT2D eigenvalue weighted by Crippen LogP contribution is -2.23. The number of hydrogen-bond donors (Lipinski definition) is 2. The van der Waals surface area contributed by atoms with Crippen molar-refractivity contribution < 1.29 is 4.74 Å². The second kappa shape index (κ2) is 7.39. The fraction of sp³-hybridized carbons (Fsp3) is 0.600. The van der Waals surface area contributed by atoms with E-state index in [0.717, 1.165) is 31.8 Å². The molecular formula is C15H26N2O. The zero-order chi connectivity index (χ0) is 13.5. The van der Waals surface area contributed by atoms with Gasteiger partial charge in [0.25, 0.3) is 0 Å². The van der Waals surface area contributed by atoms with Gasteiger partial charge in [-0.2, -0.15) is 0 Å². The lowest BCUT2D eigenvalue weighted by Gasteiger charge is -2.15. The van der Waals surface area contributed by atoms with Gasteiger partial charge in [-0.3, -0.25) is 0 Å². The molecule has 1 aromatic carbocycles. The molecule has 0 saturated heterocycles. The van der Waals surface area contributed by atoms with Crippen LogP contribution in [0.2, 0.25) is 0 Å². The van der Waals surface area contributed by atoms with E-state index >= 15 is 0 Å². The average Bonchev–Trinajstić information content (AvgIpc) is 2.35. The smallest absolute Gasteiger partial charge is 0.122 e. The van der Waals surface area contributed by atoms with Crippen molar-refractivity contribution in [1.82, 2.24) is 5.32 Å². The van der Waals surface area contributed by atoms with Crippen molar-refractivity contribution in [2.75, 3.05) is 20.2 Å². The Hall–Kier alpha value is -1.06.